The van der Waals surface area contributed by atoms with Crippen molar-refractivity contribution in [1.82, 2.24) is 9.55 Å². The molecular formula is C26H27N3O4. The maximum atomic E-state index is 13.1. The predicted octanol–water partition coefficient (Wildman–Crippen LogP) is 4.14. The van der Waals surface area contributed by atoms with Crippen LogP contribution in [-0.4, -0.2) is 28.5 Å². The summed E-state index contributed by atoms with van der Waals surface area (Å²) >= 11 is 0. The Balaban J connectivity index is 1.85. The number of ether oxygens (including phenoxy) is 1. The molecule has 1 aromatic heterocycles. The molecule has 1 N–H and O–H groups in total. The number of benzene rings is 2. The van der Waals surface area contributed by atoms with Gasteiger partial charge in [0, 0.05) is 17.7 Å². The van der Waals surface area contributed by atoms with Crippen LogP contribution in [0.1, 0.15) is 59.9 Å². The molecule has 2 aromatic carbocycles. The van der Waals surface area contributed by atoms with Gasteiger partial charge >= 0.3 is 5.97 Å². The van der Waals surface area contributed by atoms with Crippen LogP contribution >= 0.6 is 0 Å². The topological polar surface area (TPSA) is 90.3 Å². The van der Waals surface area contributed by atoms with Crippen LogP contribution < -0.4 is 10.9 Å². The van der Waals surface area contributed by atoms with Gasteiger partial charge in [-0.25, -0.2) is 4.79 Å². The number of carbonyl (C=O) groups is 2. The lowest BCUT2D eigenvalue weighted by Gasteiger charge is -2.19. The van der Waals surface area contributed by atoms with Gasteiger partial charge in [0.1, 0.15) is 6.04 Å². The van der Waals surface area contributed by atoms with Gasteiger partial charge in [0.25, 0.3) is 5.56 Å². The van der Waals surface area contributed by atoms with E-state index in [0.29, 0.717) is 29.9 Å². The van der Waals surface area contributed by atoms with Gasteiger partial charge in [-0.1, -0.05) is 55.8 Å². The van der Waals surface area contributed by atoms with Crippen LogP contribution in [0.2, 0.25) is 0 Å². The Morgan fingerprint density at radius 1 is 1.09 bits per heavy atom. The molecule has 0 aliphatic carbocycles. The highest BCUT2D eigenvalue weighted by Gasteiger charge is 2.31. The number of hydrogen-bond acceptors (Lipinski definition) is 5. The van der Waals surface area contributed by atoms with Crippen molar-refractivity contribution in [3.63, 3.8) is 0 Å². The monoisotopic (exact) mass is 445 g/mol. The van der Waals surface area contributed by atoms with Gasteiger partial charge in [0.05, 0.1) is 12.7 Å². The molecular weight excluding hydrogens is 418 g/mol. The molecule has 1 unspecified atom stereocenters. The molecule has 0 fully saturated rings. The van der Waals surface area contributed by atoms with Gasteiger partial charge in [-0.3, -0.25) is 14.9 Å². The fourth-order valence-electron chi connectivity index (χ4n) is 4.38. The average molecular weight is 446 g/mol. The second-order valence-corrected chi connectivity index (χ2v) is 8.18. The zero-order valence-electron chi connectivity index (χ0n) is 19.1. The van der Waals surface area contributed by atoms with Crippen molar-refractivity contribution in [2.45, 2.75) is 45.6 Å². The van der Waals surface area contributed by atoms with Crippen molar-refractivity contribution < 1.29 is 14.3 Å². The summed E-state index contributed by atoms with van der Waals surface area (Å²) in [6, 6.07) is 14.6. The summed E-state index contributed by atoms with van der Waals surface area (Å²) in [5.41, 5.74) is 4.05. The number of nitrogens with one attached hydrogen (secondary N) is 1. The van der Waals surface area contributed by atoms with Crippen molar-refractivity contribution in [3.05, 3.63) is 81.3 Å². The first-order valence-corrected chi connectivity index (χ1v) is 11.2. The molecule has 0 radical (unpaired) electrons. The first kappa shape index (κ1) is 22.5. The predicted molar refractivity (Wildman–Crippen MR) is 126 cm³/mol. The highest BCUT2D eigenvalue weighted by molar-refractivity contribution is 5.98. The molecule has 1 aliphatic rings. The van der Waals surface area contributed by atoms with Crippen LogP contribution in [0.25, 0.3) is 11.1 Å². The molecule has 0 spiro atoms. The minimum Gasteiger partial charge on any atom is -0.465 e. The average Bonchev–Trinajstić information content (AvgIpc) is 3.11. The summed E-state index contributed by atoms with van der Waals surface area (Å²) in [7, 11) is 1.36. The number of esters is 1. The molecule has 1 amide bonds. The summed E-state index contributed by atoms with van der Waals surface area (Å²) in [4.78, 5) is 41.9. The molecule has 7 nitrogen and oxygen atoms in total. The Labute approximate surface area is 192 Å². The van der Waals surface area contributed by atoms with E-state index in [4.69, 9.17) is 4.74 Å². The number of amides is 1. The molecule has 33 heavy (non-hydrogen) atoms. The smallest absolute Gasteiger partial charge is 0.338 e. The Bertz CT molecular complexity index is 1280. The normalized spacial score (nSPS) is 14.6. The summed E-state index contributed by atoms with van der Waals surface area (Å²) < 4.78 is 6.83. The van der Waals surface area contributed by atoms with Crippen LogP contribution in [0, 0.1) is 0 Å². The van der Waals surface area contributed by atoms with Crippen molar-refractivity contribution in [2.24, 2.45) is 0 Å². The Morgan fingerprint density at radius 2 is 1.79 bits per heavy atom. The first-order valence-electron chi connectivity index (χ1n) is 11.2. The Kier molecular flexibility index (Phi) is 6.40. The summed E-state index contributed by atoms with van der Waals surface area (Å²) in [5, 5.41) is 2.72. The van der Waals surface area contributed by atoms with Gasteiger partial charge in [0.2, 0.25) is 11.9 Å². The lowest BCUT2D eigenvalue weighted by atomic mass is 9.91. The molecule has 0 saturated carbocycles. The highest BCUT2D eigenvalue weighted by atomic mass is 16.5. The second kappa shape index (κ2) is 9.40. The number of hydrogen-bond donors (Lipinski definition) is 1. The molecule has 0 bridgehead atoms. The zero-order valence-corrected chi connectivity index (χ0v) is 19.1. The molecule has 1 atom stereocenters. The molecule has 2 heterocycles. The van der Waals surface area contributed by atoms with E-state index in [2.05, 4.69) is 17.2 Å². The second-order valence-electron chi connectivity index (χ2n) is 8.18. The number of carbonyl (C=O) groups excluding carboxylic acids is 2. The maximum absolute atomic E-state index is 13.1. The number of unbranched alkanes of at least 4 members (excludes halogenated alkanes) is 1. The van der Waals surface area contributed by atoms with E-state index in [-0.39, 0.29) is 11.5 Å². The molecule has 1 aliphatic heterocycles. The van der Waals surface area contributed by atoms with Gasteiger partial charge in [0.15, 0.2) is 0 Å². The van der Waals surface area contributed by atoms with Crippen molar-refractivity contribution >= 4 is 17.8 Å². The van der Waals surface area contributed by atoms with E-state index < -0.39 is 12.0 Å². The van der Waals surface area contributed by atoms with E-state index in [0.717, 1.165) is 35.2 Å². The fourth-order valence-corrected chi connectivity index (χ4v) is 4.38. The van der Waals surface area contributed by atoms with Crippen LogP contribution in [-0.2, 0) is 22.4 Å². The van der Waals surface area contributed by atoms with E-state index in [1.807, 2.05) is 47.9 Å². The number of fused-ring (bicyclic) bond motifs is 1. The number of nitrogens with zero attached hydrogens (tertiary/aromatic N) is 2. The summed E-state index contributed by atoms with van der Waals surface area (Å²) in [5.74, 6) is -0.261. The standard InChI is InChI=1S/C26H27N3O4/c1-4-5-14-22-21(24(31)28-26-27-23(30)16(2)29(22)26)15-17-10-6-7-11-18(17)19-12-8-9-13-20(19)25(32)33-3/h6-13,16H,4-5,14-15H2,1-3H3,(H,27,28,30,31). The third-order valence-electron chi connectivity index (χ3n) is 6.11. The van der Waals surface area contributed by atoms with Gasteiger partial charge in [-0.05, 0) is 42.5 Å². The van der Waals surface area contributed by atoms with E-state index in [1.54, 1.807) is 12.1 Å². The number of rotatable bonds is 7. The van der Waals surface area contributed by atoms with Gasteiger partial charge in [-0.2, -0.15) is 4.98 Å². The summed E-state index contributed by atoms with van der Waals surface area (Å²) in [6.07, 6.45) is 2.88. The maximum Gasteiger partial charge on any atom is 0.338 e. The quantitative estimate of drug-likeness (QED) is 0.552. The third-order valence-corrected chi connectivity index (χ3v) is 6.11. The fraction of sp³-hybridized carbons (Fsp3) is 0.308. The number of methoxy groups -OCH3 is 1. The first-order chi connectivity index (χ1) is 16.0. The van der Waals surface area contributed by atoms with Crippen LogP contribution in [0.3, 0.4) is 0 Å². The largest absolute Gasteiger partial charge is 0.465 e. The number of aromatic nitrogens is 2. The molecule has 0 saturated heterocycles. The van der Waals surface area contributed by atoms with E-state index in [9.17, 15) is 14.4 Å². The lowest BCUT2D eigenvalue weighted by molar-refractivity contribution is -0.117. The minimum absolute atomic E-state index is 0.163. The van der Waals surface area contributed by atoms with Crippen molar-refractivity contribution in [3.8, 4) is 11.1 Å². The minimum atomic E-state index is -0.422. The Hall–Kier alpha value is -3.74. The third kappa shape index (κ3) is 4.18. The molecule has 170 valence electrons. The summed E-state index contributed by atoms with van der Waals surface area (Å²) in [6.45, 7) is 3.91. The number of anilines is 1. The Morgan fingerprint density at radius 3 is 2.52 bits per heavy atom. The van der Waals surface area contributed by atoms with Gasteiger partial charge < -0.3 is 9.30 Å². The van der Waals surface area contributed by atoms with Crippen molar-refractivity contribution in [2.75, 3.05) is 12.4 Å². The molecule has 7 heteroatoms. The molecule has 3 aromatic rings. The highest BCUT2D eigenvalue weighted by Crippen LogP contribution is 2.31. The van der Waals surface area contributed by atoms with Crippen LogP contribution in [0.4, 0.5) is 5.95 Å². The van der Waals surface area contributed by atoms with E-state index in [1.165, 1.54) is 7.11 Å². The SMILES string of the molecule is CCCCc1c(Cc2ccccc2-c2ccccc2C(=O)OC)c(=O)nc2n1C(C)C(=O)N2. The zero-order chi connectivity index (χ0) is 23.5. The molecule has 4 rings (SSSR count). The lowest BCUT2D eigenvalue weighted by Crippen LogP contribution is -2.23. The van der Waals surface area contributed by atoms with Crippen LogP contribution in [0.5, 0.6) is 0 Å². The van der Waals surface area contributed by atoms with Gasteiger partial charge in [-0.15, -0.1) is 0 Å². The van der Waals surface area contributed by atoms with Crippen molar-refractivity contribution in [1.29, 1.82) is 0 Å². The van der Waals surface area contributed by atoms with E-state index >= 15 is 0 Å². The van der Waals surface area contributed by atoms with Crippen LogP contribution in [0.15, 0.2) is 53.3 Å².